The van der Waals surface area contributed by atoms with Crippen LogP contribution in [0.15, 0.2) is 59.4 Å². The third kappa shape index (κ3) is 10.9. The molecule has 0 aromatic heterocycles. The quantitative estimate of drug-likeness (QED) is 0.158. The smallest absolute Gasteiger partial charge is 0.316 e. The lowest BCUT2D eigenvalue weighted by Gasteiger charge is -2.48. The number of carbonyl (C=O) groups excluding carboxylic acids is 1. The number of rotatable bonds is 10. The van der Waals surface area contributed by atoms with Gasteiger partial charge in [-0.15, -0.1) is 0 Å². The summed E-state index contributed by atoms with van der Waals surface area (Å²) in [7, 11) is 3.22. The highest BCUT2D eigenvalue weighted by atomic mass is 16.7. The SMILES string of the molecule is CO[C@@H]1C[C@@H](O[C@@H]2[C@@H](C)O[C@H](O[C@H]3C(C)=CC[C@H]4C[C@H](C[C@@]5(C=C[C@@H](C)[C@H]([C@H](C)CCC(C)C)O5)O4)OC(=O)[C@H]4C=C(C)[C@H](O)[C@@H]5COC(=CC=C[C@H]3C)[C@]45O)C[C@H]2OC)O[C@H](C)[C@H]1O. The first-order valence-electron chi connectivity index (χ1n) is 24.2. The van der Waals surface area contributed by atoms with E-state index in [1.807, 2.05) is 32.1 Å². The average Bonchev–Trinajstić information content (AvgIpc) is 3.60. The van der Waals surface area contributed by atoms with Gasteiger partial charge in [0.1, 0.15) is 35.6 Å². The number of hydrogen-bond acceptors (Lipinski definition) is 14. The number of methoxy groups -OCH3 is 2. The van der Waals surface area contributed by atoms with E-state index in [1.165, 1.54) is 0 Å². The van der Waals surface area contributed by atoms with Gasteiger partial charge in [0.05, 0.1) is 61.4 Å². The fourth-order valence-electron chi connectivity index (χ4n) is 11.1. The van der Waals surface area contributed by atoms with Gasteiger partial charge in [-0.1, -0.05) is 71.4 Å². The number of esters is 1. The van der Waals surface area contributed by atoms with Crippen molar-refractivity contribution in [2.75, 3.05) is 20.8 Å². The molecule has 7 rings (SSSR count). The summed E-state index contributed by atoms with van der Waals surface area (Å²) < 4.78 is 64.1. The Hall–Kier alpha value is -2.47. The van der Waals surface area contributed by atoms with Gasteiger partial charge >= 0.3 is 5.97 Å². The summed E-state index contributed by atoms with van der Waals surface area (Å²) in [5, 5.41) is 34.4. The van der Waals surface area contributed by atoms with Crippen LogP contribution in [0.3, 0.4) is 0 Å². The molecule has 20 atom stereocenters. The number of carbonyl (C=O) groups is 1. The number of aliphatic hydroxyl groups is 3. The summed E-state index contributed by atoms with van der Waals surface area (Å²) in [4.78, 5) is 14.5. The number of hydrogen-bond donors (Lipinski definition) is 3. The maximum absolute atomic E-state index is 14.5. The van der Waals surface area contributed by atoms with Gasteiger partial charge in [0.15, 0.2) is 18.4 Å². The zero-order valence-electron chi connectivity index (χ0n) is 40.5. The highest BCUT2D eigenvalue weighted by molar-refractivity contribution is 5.78. The Balaban J connectivity index is 1.18. The van der Waals surface area contributed by atoms with Crippen molar-refractivity contribution in [2.45, 2.75) is 198 Å². The standard InChI is InChI=1S/C51H78O14/c1-27(2)15-16-30(5)47-31(6)19-20-50(65-47)25-36-22-35(64-50)18-17-29(4)46(28(3)13-12-14-41-51(55)37(49(54)61-36)21-32(7)44(52)38(51)26-58-41)62-43-24-40(57-11)48(34(9)60-43)63-42-23-39(56-10)45(53)33(8)59-42/h12-14,17,19-21,27-28,30-31,33-40,42-48,52-53,55H,15-16,18,22-26H2,1-11H3/t28-,30-,31-,33-,34-,35+,36-,37-,38+,39-,40-,42-,43-,44+,45-,46-,47+,48-,50+,51+/m1/s1. The molecule has 6 heterocycles. The highest BCUT2D eigenvalue weighted by Crippen LogP contribution is 2.49. The Morgan fingerprint density at radius 1 is 0.846 bits per heavy atom. The van der Waals surface area contributed by atoms with Gasteiger partial charge in [0.25, 0.3) is 0 Å². The third-order valence-electron chi connectivity index (χ3n) is 15.1. The molecule has 0 amide bonds. The lowest BCUT2D eigenvalue weighted by atomic mass is 9.68. The molecule has 14 nitrogen and oxygen atoms in total. The monoisotopic (exact) mass is 915 g/mol. The Bertz CT molecular complexity index is 1790. The van der Waals surface area contributed by atoms with Crippen molar-refractivity contribution in [1.82, 2.24) is 0 Å². The van der Waals surface area contributed by atoms with Crippen molar-refractivity contribution in [3.63, 3.8) is 0 Å². The molecular weight excluding hydrogens is 837 g/mol. The van der Waals surface area contributed by atoms with Gasteiger partial charge in [-0.2, -0.15) is 0 Å². The summed E-state index contributed by atoms with van der Waals surface area (Å²) in [5.41, 5.74) is -0.300. The summed E-state index contributed by atoms with van der Waals surface area (Å²) in [6, 6.07) is 0. The van der Waals surface area contributed by atoms with Crippen molar-refractivity contribution in [2.24, 2.45) is 35.5 Å². The van der Waals surface area contributed by atoms with Gasteiger partial charge in [-0.25, -0.2) is 0 Å². The van der Waals surface area contributed by atoms with Crippen LogP contribution < -0.4 is 0 Å². The molecule has 0 unspecified atom stereocenters. The van der Waals surface area contributed by atoms with E-state index in [9.17, 15) is 20.1 Å². The molecule has 2 bridgehead atoms. The summed E-state index contributed by atoms with van der Waals surface area (Å²) in [5.74, 6) is -2.61. The predicted octanol–water partition coefficient (Wildman–Crippen LogP) is 6.61. The maximum atomic E-state index is 14.5. The van der Waals surface area contributed by atoms with Gasteiger partial charge in [-0.3, -0.25) is 4.79 Å². The Morgan fingerprint density at radius 3 is 2.28 bits per heavy atom. The zero-order valence-corrected chi connectivity index (χ0v) is 40.5. The molecule has 0 saturated carbocycles. The lowest BCUT2D eigenvalue weighted by molar-refractivity contribution is -0.318. The minimum absolute atomic E-state index is 0.0362. The Morgan fingerprint density at radius 2 is 1.55 bits per heavy atom. The molecule has 0 aromatic rings. The molecule has 4 saturated heterocycles. The largest absolute Gasteiger partial charge is 0.494 e. The molecule has 6 aliphatic heterocycles. The van der Waals surface area contributed by atoms with Crippen molar-refractivity contribution >= 4 is 5.97 Å². The normalized spacial score (nSPS) is 45.3. The molecule has 14 heteroatoms. The second kappa shape index (κ2) is 21.0. The fraction of sp³-hybridized carbons (Fsp3) is 0.784. The van der Waals surface area contributed by atoms with E-state index in [0.717, 1.165) is 18.4 Å². The second-order valence-corrected chi connectivity index (χ2v) is 20.5. The first-order valence-corrected chi connectivity index (χ1v) is 24.2. The van der Waals surface area contributed by atoms with E-state index in [4.69, 9.17) is 47.4 Å². The molecule has 1 spiro atoms. The molecule has 65 heavy (non-hydrogen) atoms. The van der Waals surface area contributed by atoms with E-state index in [1.54, 1.807) is 40.2 Å². The number of aliphatic hydroxyl groups excluding tert-OH is 2. The van der Waals surface area contributed by atoms with E-state index < -0.39 is 96.7 Å². The van der Waals surface area contributed by atoms with Crippen LogP contribution in [0.5, 0.6) is 0 Å². The van der Waals surface area contributed by atoms with Gasteiger partial charge < -0.3 is 62.7 Å². The van der Waals surface area contributed by atoms with E-state index in [2.05, 4.69) is 46.8 Å². The second-order valence-electron chi connectivity index (χ2n) is 20.5. The van der Waals surface area contributed by atoms with Crippen LogP contribution in [0, 0.1) is 35.5 Å². The van der Waals surface area contributed by atoms with Crippen molar-refractivity contribution in [3.8, 4) is 0 Å². The molecule has 7 aliphatic rings. The van der Waals surface area contributed by atoms with E-state index >= 15 is 0 Å². The van der Waals surface area contributed by atoms with Gasteiger partial charge in [0, 0.05) is 51.7 Å². The molecule has 0 radical (unpaired) electrons. The average molecular weight is 915 g/mol. The van der Waals surface area contributed by atoms with E-state index in [0.29, 0.717) is 43.6 Å². The van der Waals surface area contributed by atoms with Crippen molar-refractivity contribution < 1.29 is 67.5 Å². The van der Waals surface area contributed by atoms with Crippen LogP contribution in [-0.2, 0) is 52.2 Å². The Kier molecular flexibility index (Phi) is 16.3. The summed E-state index contributed by atoms with van der Waals surface area (Å²) in [6.07, 6.45) is 10.7. The zero-order chi connectivity index (χ0) is 47.0. The number of allylic oxidation sites excluding steroid dienone is 2. The minimum atomic E-state index is -1.84. The predicted molar refractivity (Wildman–Crippen MR) is 241 cm³/mol. The summed E-state index contributed by atoms with van der Waals surface area (Å²) >= 11 is 0. The molecule has 1 aliphatic carbocycles. The molecular formula is C51H78O14. The topological polar surface area (TPSA) is 170 Å². The fourth-order valence-corrected chi connectivity index (χ4v) is 11.1. The Labute approximate surface area is 386 Å². The highest BCUT2D eigenvalue weighted by Gasteiger charge is 2.61. The number of fused-ring (bicyclic) bond motifs is 2. The van der Waals surface area contributed by atoms with Crippen LogP contribution in [0.25, 0.3) is 0 Å². The third-order valence-corrected chi connectivity index (χ3v) is 15.1. The maximum Gasteiger partial charge on any atom is 0.316 e. The van der Waals surface area contributed by atoms with Crippen molar-refractivity contribution in [3.05, 3.63) is 59.4 Å². The van der Waals surface area contributed by atoms with Crippen LogP contribution in [-0.4, -0.2) is 133 Å². The van der Waals surface area contributed by atoms with Crippen LogP contribution in [0.2, 0.25) is 0 Å². The molecule has 0 aromatic carbocycles. The van der Waals surface area contributed by atoms with Crippen LogP contribution in [0.1, 0.15) is 107 Å². The van der Waals surface area contributed by atoms with Crippen LogP contribution in [0.4, 0.5) is 0 Å². The minimum Gasteiger partial charge on any atom is -0.494 e. The van der Waals surface area contributed by atoms with Crippen LogP contribution >= 0.6 is 0 Å². The van der Waals surface area contributed by atoms with Gasteiger partial charge in [-0.05, 0) is 75.7 Å². The first-order chi connectivity index (χ1) is 30.9. The lowest BCUT2D eigenvalue weighted by Crippen LogP contribution is -2.56. The number of ether oxygens (including phenoxy) is 10. The van der Waals surface area contributed by atoms with Crippen molar-refractivity contribution in [1.29, 1.82) is 0 Å². The molecule has 366 valence electrons. The molecule has 4 fully saturated rings. The summed E-state index contributed by atoms with van der Waals surface area (Å²) in [6.45, 7) is 18.5. The first kappa shape index (κ1) is 50.4. The van der Waals surface area contributed by atoms with Gasteiger partial charge in [0.2, 0.25) is 0 Å². The molecule has 3 N–H and O–H groups in total. The van der Waals surface area contributed by atoms with E-state index in [-0.39, 0.29) is 42.3 Å².